The Balaban J connectivity index is 2.03. The Hall–Kier alpha value is -2.42. The van der Waals surface area contributed by atoms with Crippen LogP contribution in [0.25, 0.3) is 10.9 Å². The Kier molecular flexibility index (Phi) is 2.52. The molecule has 21 heavy (non-hydrogen) atoms. The normalized spacial score (nSPS) is 17.6. The van der Waals surface area contributed by atoms with Gasteiger partial charge in [0.1, 0.15) is 12.0 Å². The van der Waals surface area contributed by atoms with Crippen LogP contribution in [-0.2, 0) is 7.05 Å². The van der Waals surface area contributed by atoms with E-state index >= 15 is 0 Å². The molecule has 0 saturated heterocycles. The lowest BCUT2D eigenvalue weighted by Crippen LogP contribution is -2.36. The molecule has 2 heterocycles. The van der Waals surface area contributed by atoms with Crippen molar-refractivity contribution in [2.24, 2.45) is 7.05 Å². The van der Waals surface area contributed by atoms with Crippen LogP contribution < -0.4 is 9.80 Å². The second-order valence-electron chi connectivity index (χ2n) is 5.70. The Morgan fingerprint density at radius 2 is 1.52 bits per heavy atom. The van der Waals surface area contributed by atoms with E-state index in [1.807, 2.05) is 0 Å². The molecule has 1 aliphatic heterocycles. The lowest BCUT2D eigenvalue weighted by molar-refractivity contribution is 0.722. The van der Waals surface area contributed by atoms with E-state index < -0.39 is 0 Å². The van der Waals surface area contributed by atoms with Gasteiger partial charge in [0.25, 0.3) is 0 Å². The first-order valence-electron chi connectivity index (χ1n) is 7.34. The fourth-order valence-electron chi connectivity index (χ4n) is 3.45. The van der Waals surface area contributed by atoms with Gasteiger partial charge < -0.3 is 14.4 Å². The molecule has 1 aromatic heterocycles. The van der Waals surface area contributed by atoms with Crippen LogP contribution in [0.3, 0.4) is 0 Å². The largest absolute Gasteiger partial charge is 0.351 e. The van der Waals surface area contributed by atoms with Gasteiger partial charge in [-0.3, -0.25) is 0 Å². The summed E-state index contributed by atoms with van der Waals surface area (Å²) < 4.78 is 2.30. The smallest absolute Gasteiger partial charge is 0.139 e. The van der Waals surface area contributed by atoms with Gasteiger partial charge in [-0.2, -0.15) is 0 Å². The summed E-state index contributed by atoms with van der Waals surface area (Å²) in [4.78, 5) is 4.78. The third-order valence-corrected chi connectivity index (χ3v) is 4.60. The van der Waals surface area contributed by atoms with Crippen molar-refractivity contribution in [1.29, 1.82) is 0 Å². The minimum Gasteiger partial charge on any atom is -0.351 e. The molecule has 106 valence electrons. The van der Waals surface area contributed by atoms with Crippen molar-refractivity contribution in [1.82, 2.24) is 4.57 Å². The van der Waals surface area contributed by atoms with Crippen molar-refractivity contribution in [2.75, 3.05) is 16.8 Å². The standard InChI is InChI=1S/C18H19N3/c1-13-19(2)17-15-11-7-8-12-16(15)20(3)18(17)21(13)14-9-5-4-6-10-14/h4-13H,1-3H3. The molecule has 0 aliphatic carbocycles. The Morgan fingerprint density at radius 1 is 0.857 bits per heavy atom. The van der Waals surface area contributed by atoms with Gasteiger partial charge in [0.05, 0.1) is 11.2 Å². The molecular formula is C18H19N3. The maximum absolute atomic E-state index is 2.41. The summed E-state index contributed by atoms with van der Waals surface area (Å²) in [7, 11) is 4.34. The molecule has 2 aromatic carbocycles. The molecule has 0 radical (unpaired) electrons. The fourth-order valence-corrected chi connectivity index (χ4v) is 3.45. The molecule has 0 fully saturated rings. The van der Waals surface area contributed by atoms with Crippen LogP contribution >= 0.6 is 0 Å². The predicted octanol–water partition coefficient (Wildman–Crippen LogP) is 4.11. The minimum atomic E-state index is 0.313. The summed E-state index contributed by atoms with van der Waals surface area (Å²) in [5.41, 5.74) is 3.84. The molecule has 0 saturated carbocycles. The van der Waals surface area contributed by atoms with Gasteiger partial charge in [0.2, 0.25) is 0 Å². The number of fused-ring (bicyclic) bond motifs is 3. The van der Waals surface area contributed by atoms with Crippen LogP contribution in [0.4, 0.5) is 17.2 Å². The molecule has 1 unspecified atom stereocenters. The third kappa shape index (κ3) is 1.54. The van der Waals surface area contributed by atoms with Crippen molar-refractivity contribution in [3.63, 3.8) is 0 Å². The van der Waals surface area contributed by atoms with Crippen molar-refractivity contribution < 1.29 is 0 Å². The molecule has 4 rings (SSSR count). The number of nitrogens with zero attached hydrogens (tertiary/aromatic N) is 3. The lowest BCUT2D eigenvalue weighted by atomic mass is 10.2. The van der Waals surface area contributed by atoms with Crippen LogP contribution in [0.5, 0.6) is 0 Å². The summed E-state index contributed by atoms with van der Waals surface area (Å²) in [6, 6.07) is 19.2. The van der Waals surface area contributed by atoms with E-state index in [9.17, 15) is 0 Å². The zero-order valence-corrected chi connectivity index (χ0v) is 12.6. The second-order valence-corrected chi connectivity index (χ2v) is 5.70. The van der Waals surface area contributed by atoms with E-state index in [-0.39, 0.29) is 0 Å². The van der Waals surface area contributed by atoms with Crippen LogP contribution in [0, 0.1) is 0 Å². The van der Waals surface area contributed by atoms with Gasteiger partial charge in [-0.25, -0.2) is 0 Å². The molecule has 0 bridgehead atoms. The van der Waals surface area contributed by atoms with Gasteiger partial charge in [0, 0.05) is 25.2 Å². The lowest BCUT2D eigenvalue weighted by Gasteiger charge is -2.29. The topological polar surface area (TPSA) is 11.4 Å². The van der Waals surface area contributed by atoms with Gasteiger partial charge in [-0.1, -0.05) is 36.4 Å². The molecule has 1 atom stereocenters. The SMILES string of the molecule is CC1N(C)c2c(n(C)c3ccccc23)N1c1ccccc1. The highest BCUT2D eigenvalue weighted by molar-refractivity contribution is 6.04. The average molecular weight is 277 g/mol. The molecule has 0 N–H and O–H groups in total. The van der Waals surface area contributed by atoms with Crippen molar-refractivity contribution in [2.45, 2.75) is 13.1 Å². The molecule has 0 amide bonds. The monoisotopic (exact) mass is 277 g/mol. The van der Waals surface area contributed by atoms with Crippen molar-refractivity contribution in [3.8, 4) is 0 Å². The van der Waals surface area contributed by atoms with E-state index in [1.54, 1.807) is 0 Å². The van der Waals surface area contributed by atoms with Crippen molar-refractivity contribution in [3.05, 3.63) is 54.6 Å². The van der Waals surface area contributed by atoms with Crippen LogP contribution in [0.15, 0.2) is 54.6 Å². The highest BCUT2D eigenvalue weighted by atomic mass is 15.4. The van der Waals surface area contributed by atoms with E-state index in [4.69, 9.17) is 0 Å². The first-order chi connectivity index (χ1) is 10.2. The van der Waals surface area contributed by atoms with Crippen LogP contribution in [-0.4, -0.2) is 17.8 Å². The Labute approximate surface area is 125 Å². The summed E-state index contributed by atoms with van der Waals surface area (Å²) >= 11 is 0. The van der Waals surface area contributed by atoms with Crippen molar-refractivity contribution >= 4 is 28.1 Å². The number of rotatable bonds is 1. The summed E-state index contributed by atoms with van der Waals surface area (Å²) in [5.74, 6) is 1.28. The van der Waals surface area contributed by atoms with E-state index in [2.05, 4.69) is 90.0 Å². The molecule has 3 aromatic rings. The zero-order valence-electron chi connectivity index (χ0n) is 12.6. The first-order valence-corrected chi connectivity index (χ1v) is 7.34. The van der Waals surface area contributed by atoms with Gasteiger partial charge in [-0.05, 0) is 25.1 Å². The number of benzene rings is 2. The maximum Gasteiger partial charge on any atom is 0.139 e. The first kappa shape index (κ1) is 12.3. The number of para-hydroxylation sites is 2. The zero-order chi connectivity index (χ0) is 14.6. The number of hydrogen-bond acceptors (Lipinski definition) is 2. The van der Waals surface area contributed by atoms with Gasteiger partial charge in [-0.15, -0.1) is 0 Å². The van der Waals surface area contributed by atoms with Crippen LogP contribution in [0.1, 0.15) is 6.92 Å². The molecule has 0 spiro atoms. The molecule has 1 aliphatic rings. The number of aromatic nitrogens is 1. The summed E-state index contributed by atoms with van der Waals surface area (Å²) in [6.07, 6.45) is 0.313. The Morgan fingerprint density at radius 3 is 2.29 bits per heavy atom. The second kappa shape index (κ2) is 4.29. The quantitative estimate of drug-likeness (QED) is 0.663. The highest BCUT2D eigenvalue weighted by Crippen LogP contribution is 2.48. The third-order valence-electron chi connectivity index (χ3n) is 4.60. The number of anilines is 3. The number of aryl methyl sites for hydroxylation is 1. The predicted molar refractivity (Wildman–Crippen MR) is 89.4 cm³/mol. The van der Waals surface area contributed by atoms with Crippen LogP contribution in [0.2, 0.25) is 0 Å². The molecule has 3 nitrogen and oxygen atoms in total. The summed E-state index contributed by atoms with van der Waals surface area (Å²) in [5, 5.41) is 1.32. The average Bonchev–Trinajstić information content (AvgIpc) is 2.95. The maximum atomic E-state index is 2.41. The Bertz CT molecular complexity index is 804. The van der Waals surface area contributed by atoms with E-state index in [0.29, 0.717) is 6.17 Å². The van der Waals surface area contributed by atoms with E-state index in [0.717, 1.165) is 0 Å². The molecule has 3 heteroatoms. The number of hydrogen-bond donors (Lipinski definition) is 0. The molecular weight excluding hydrogens is 258 g/mol. The minimum absolute atomic E-state index is 0.313. The van der Waals surface area contributed by atoms with Gasteiger partial charge >= 0.3 is 0 Å². The summed E-state index contributed by atoms with van der Waals surface area (Å²) in [6.45, 7) is 2.25. The van der Waals surface area contributed by atoms with Gasteiger partial charge in [0.15, 0.2) is 0 Å². The fraction of sp³-hybridized carbons (Fsp3) is 0.222. The highest BCUT2D eigenvalue weighted by Gasteiger charge is 2.36. The van der Waals surface area contributed by atoms with E-state index in [1.165, 1.54) is 28.1 Å².